The van der Waals surface area contributed by atoms with Crippen LogP contribution in [0.5, 0.6) is 0 Å². The summed E-state index contributed by atoms with van der Waals surface area (Å²) < 4.78 is 5.31. The average molecular weight is 278 g/mol. The zero-order valence-corrected chi connectivity index (χ0v) is 11.3. The summed E-state index contributed by atoms with van der Waals surface area (Å²) in [5, 5.41) is 0. The molecule has 4 heteroatoms. The van der Waals surface area contributed by atoms with Crippen molar-refractivity contribution < 1.29 is 9.53 Å². The van der Waals surface area contributed by atoms with Gasteiger partial charge < -0.3 is 9.64 Å². The average Bonchev–Trinajstić information content (AvgIpc) is 2.18. The Balaban J connectivity index is 2.34. The molecule has 88 valence electrons. The molecule has 1 aliphatic heterocycles. The van der Waals surface area contributed by atoms with Gasteiger partial charge in [-0.15, -0.1) is 0 Å². The number of nitrogens with zero attached hydrogens (tertiary/aromatic N) is 1. The highest BCUT2D eigenvalue weighted by Crippen LogP contribution is 2.23. The van der Waals surface area contributed by atoms with Crippen LogP contribution in [0.1, 0.15) is 27.2 Å². The van der Waals surface area contributed by atoms with Crippen molar-refractivity contribution in [2.24, 2.45) is 5.92 Å². The summed E-state index contributed by atoms with van der Waals surface area (Å²) in [6.07, 6.45) is 1.20. The van der Waals surface area contributed by atoms with Gasteiger partial charge in [-0.3, -0.25) is 4.79 Å². The molecule has 1 rings (SSSR count). The Labute approximate surface area is 100 Å². The Bertz CT molecular complexity index is 221. The third-order valence-corrected chi connectivity index (χ3v) is 3.95. The predicted octanol–water partition coefficient (Wildman–Crippen LogP) is 2.04. The van der Waals surface area contributed by atoms with Crippen LogP contribution in [0.15, 0.2) is 0 Å². The van der Waals surface area contributed by atoms with Crippen LogP contribution in [0, 0.1) is 5.92 Å². The van der Waals surface area contributed by atoms with Gasteiger partial charge in [-0.25, -0.2) is 0 Å². The van der Waals surface area contributed by atoms with Crippen LogP contribution in [0.3, 0.4) is 0 Å². The maximum absolute atomic E-state index is 11.7. The maximum atomic E-state index is 11.7. The lowest BCUT2D eigenvalue weighted by atomic mass is 9.99. The van der Waals surface area contributed by atoms with Gasteiger partial charge in [-0.1, -0.05) is 22.9 Å². The van der Waals surface area contributed by atoms with Crippen molar-refractivity contribution in [1.82, 2.24) is 4.90 Å². The number of alkyl halides is 1. The van der Waals surface area contributed by atoms with Gasteiger partial charge in [0.05, 0.1) is 6.10 Å². The van der Waals surface area contributed by atoms with E-state index in [0.29, 0.717) is 10.7 Å². The number of amides is 1. The minimum Gasteiger partial charge on any atom is -0.369 e. The number of ether oxygens (including phenoxy) is 1. The largest absolute Gasteiger partial charge is 0.369 e. The SMILES string of the molecule is CC(C)OCC(=O)N1CCC(C)C(Br)C1. The second kappa shape index (κ2) is 5.85. The van der Waals surface area contributed by atoms with Gasteiger partial charge in [0.15, 0.2) is 0 Å². The van der Waals surface area contributed by atoms with E-state index in [-0.39, 0.29) is 18.6 Å². The van der Waals surface area contributed by atoms with Crippen LogP contribution in [0.25, 0.3) is 0 Å². The maximum Gasteiger partial charge on any atom is 0.248 e. The van der Waals surface area contributed by atoms with Crippen LogP contribution in [0.4, 0.5) is 0 Å². The molecule has 0 bridgehead atoms. The smallest absolute Gasteiger partial charge is 0.248 e. The number of rotatable bonds is 3. The molecule has 0 N–H and O–H groups in total. The molecular weight excluding hydrogens is 258 g/mol. The van der Waals surface area contributed by atoms with Crippen LogP contribution in [-0.2, 0) is 9.53 Å². The van der Waals surface area contributed by atoms with Crippen molar-refractivity contribution in [3.63, 3.8) is 0 Å². The number of likely N-dealkylation sites (tertiary alicyclic amines) is 1. The Morgan fingerprint density at radius 3 is 2.80 bits per heavy atom. The molecule has 0 aromatic carbocycles. The quantitative estimate of drug-likeness (QED) is 0.739. The Morgan fingerprint density at radius 2 is 2.27 bits per heavy atom. The van der Waals surface area contributed by atoms with Crippen LogP contribution in [0.2, 0.25) is 0 Å². The number of carbonyl (C=O) groups is 1. The van der Waals surface area contributed by atoms with Gasteiger partial charge in [-0.05, 0) is 26.2 Å². The molecule has 1 amide bonds. The molecule has 1 saturated heterocycles. The first-order valence-corrected chi connectivity index (χ1v) is 6.45. The van der Waals surface area contributed by atoms with E-state index in [1.165, 1.54) is 0 Å². The first kappa shape index (κ1) is 13.0. The molecule has 0 saturated carbocycles. The minimum atomic E-state index is 0.111. The van der Waals surface area contributed by atoms with E-state index in [4.69, 9.17) is 4.74 Å². The third-order valence-electron chi connectivity index (χ3n) is 2.76. The van der Waals surface area contributed by atoms with Gasteiger partial charge in [-0.2, -0.15) is 0 Å². The number of hydrogen-bond acceptors (Lipinski definition) is 2. The van der Waals surface area contributed by atoms with E-state index in [0.717, 1.165) is 19.5 Å². The van der Waals surface area contributed by atoms with Crippen LogP contribution >= 0.6 is 15.9 Å². The molecule has 1 heterocycles. The Kier molecular flexibility index (Phi) is 5.06. The lowest BCUT2D eigenvalue weighted by Crippen LogP contribution is -2.45. The number of piperidine rings is 1. The Morgan fingerprint density at radius 1 is 1.60 bits per heavy atom. The number of hydrogen-bond donors (Lipinski definition) is 0. The summed E-state index contributed by atoms with van der Waals surface area (Å²) >= 11 is 3.61. The summed E-state index contributed by atoms with van der Waals surface area (Å²) in [4.78, 5) is 14.1. The van der Waals surface area contributed by atoms with E-state index in [1.807, 2.05) is 18.7 Å². The molecule has 2 unspecified atom stereocenters. The fraction of sp³-hybridized carbons (Fsp3) is 0.909. The zero-order chi connectivity index (χ0) is 11.4. The summed E-state index contributed by atoms with van der Waals surface area (Å²) in [6.45, 7) is 7.99. The highest BCUT2D eigenvalue weighted by molar-refractivity contribution is 9.09. The molecule has 3 nitrogen and oxygen atoms in total. The highest BCUT2D eigenvalue weighted by atomic mass is 79.9. The summed E-state index contributed by atoms with van der Waals surface area (Å²) in [7, 11) is 0. The minimum absolute atomic E-state index is 0.111. The molecule has 2 atom stereocenters. The van der Waals surface area contributed by atoms with Gasteiger partial charge in [0.25, 0.3) is 0 Å². The molecule has 0 aliphatic carbocycles. The molecule has 1 fully saturated rings. The fourth-order valence-corrected chi connectivity index (χ4v) is 2.19. The van der Waals surface area contributed by atoms with Gasteiger partial charge in [0, 0.05) is 17.9 Å². The lowest BCUT2D eigenvalue weighted by molar-refractivity contribution is -0.138. The van der Waals surface area contributed by atoms with Crippen molar-refractivity contribution in [3.05, 3.63) is 0 Å². The van der Waals surface area contributed by atoms with E-state index in [1.54, 1.807) is 0 Å². The zero-order valence-electron chi connectivity index (χ0n) is 9.70. The monoisotopic (exact) mass is 277 g/mol. The van der Waals surface area contributed by atoms with Crippen molar-refractivity contribution in [2.75, 3.05) is 19.7 Å². The fourth-order valence-electron chi connectivity index (χ4n) is 1.58. The highest BCUT2D eigenvalue weighted by Gasteiger charge is 2.26. The lowest BCUT2D eigenvalue weighted by Gasteiger charge is -2.34. The van der Waals surface area contributed by atoms with Gasteiger partial charge in [0.1, 0.15) is 6.61 Å². The van der Waals surface area contributed by atoms with Gasteiger partial charge in [0.2, 0.25) is 5.91 Å². The molecule has 0 aromatic heterocycles. The predicted molar refractivity (Wildman–Crippen MR) is 64.2 cm³/mol. The topological polar surface area (TPSA) is 29.5 Å². The van der Waals surface area contributed by atoms with E-state index >= 15 is 0 Å². The van der Waals surface area contributed by atoms with Gasteiger partial charge >= 0.3 is 0 Å². The van der Waals surface area contributed by atoms with Crippen molar-refractivity contribution in [2.45, 2.75) is 38.1 Å². The molecule has 0 spiro atoms. The van der Waals surface area contributed by atoms with Crippen molar-refractivity contribution in [3.8, 4) is 0 Å². The second-order valence-electron chi connectivity index (χ2n) is 4.48. The first-order valence-electron chi connectivity index (χ1n) is 5.54. The van der Waals surface area contributed by atoms with Crippen LogP contribution < -0.4 is 0 Å². The summed E-state index contributed by atoms with van der Waals surface area (Å²) in [6, 6.07) is 0. The first-order chi connectivity index (χ1) is 7.00. The normalized spacial score (nSPS) is 27.1. The molecule has 0 aromatic rings. The standard InChI is InChI=1S/C11H20BrNO2/c1-8(2)15-7-11(14)13-5-4-9(3)10(12)6-13/h8-10H,4-7H2,1-3H3. The Hall–Kier alpha value is -0.0900. The second-order valence-corrected chi connectivity index (χ2v) is 5.66. The number of carbonyl (C=O) groups excluding carboxylic acids is 1. The van der Waals surface area contributed by atoms with E-state index < -0.39 is 0 Å². The number of halogens is 1. The molecule has 0 radical (unpaired) electrons. The summed E-state index contributed by atoms with van der Waals surface area (Å²) in [5.74, 6) is 0.764. The molecule has 15 heavy (non-hydrogen) atoms. The molecule has 1 aliphatic rings. The van der Waals surface area contributed by atoms with Crippen LogP contribution in [-0.4, -0.2) is 41.4 Å². The van der Waals surface area contributed by atoms with E-state index in [2.05, 4.69) is 22.9 Å². The summed E-state index contributed by atoms with van der Waals surface area (Å²) in [5.41, 5.74) is 0. The molecular formula is C11H20BrNO2. The third kappa shape index (κ3) is 4.11. The van der Waals surface area contributed by atoms with E-state index in [9.17, 15) is 4.79 Å². The van der Waals surface area contributed by atoms with Crippen molar-refractivity contribution in [1.29, 1.82) is 0 Å². The van der Waals surface area contributed by atoms with Crippen molar-refractivity contribution >= 4 is 21.8 Å².